The molecule has 1 heteroatoms. The summed E-state index contributed by atoms with van der Waals surface area (Å²) >= 11 is 0. The van der Waals surface area contributed by atoms with Gasteiger partial charge in [0.2, 0.25) is 0 Å². The molecule has 0 N–H and O–H groups in total. The van der Waals surface area contributed by atoms with Gasteiger partial charge in [-0.1, -0.05) is 25.1 Å². The fraction of sp³-hybridized carbons (Fsp3) is 0.538. The van der Waals surface area contributed by atoms with Gasteiger partial charge in [-0.2, -0.15) is 0 Å². The first-order chi connectivity index (χ1) is 6.68. The molecular weight excluding hydrogens is 170 g/mol. The third-order valence-corrected chi connectivity index (χ3v) is 3.34. The van der Waals surface area contributed by atoms with E-state index in [9.17, 15) is 0 Å². The largest absolute Gasteiger partial charge is 0.372 e. The van der Waals surface area contributed by atoms with E-state index in [4.69, 9.17) is 0 Å². The highest BCUT2D eigenvalue weighted by Crippen LogP contribution is 2.30. The molecule has 1 aromatic rings. The smallest absolute Gasteiger partial charge is 0.0398 e. The Kier molecular flexibility index (Phi) is 2.49. The van der Waals surface area contributed by atoms with Gasteiger partial charge in [0, 0.05) is 18.8 Å². The molecule has 1 aromatic carbocycles. The highest BCUT2D eigenvalue weighted by atomic mass is 15.1. The average molecular weight is 189 g/mol. The van der Waals surface area contributed by atoms with Crippen molar-refractivity contribution < 1.29 is 0 Å². The highest BCUT2D eigenvalue weighted by molar-refractivity contribution is 5.54. The topological polar surface area (TPSA) is 3.24 Å². The molecule has 2 rings (SSSR count). The van der Waals surface area contributed by atoms with Crippen molar-refractivity contribution in [3.8, 4) is 0 Å². The molecule has 2 unspecified atom stereocenters. The lowest BCUT2D eigenvalue weighted by Gasteiger charge is -2.26. The van der Waals surface area contributed by atoms with E-state index in [1.54, 1.807) is 0 Å². The maximum absolute atomic E-state index is 2.42. The van der Waals surface area contributed by atoms with E-state index >= 15 is 0 Å². The molecule has 0 aliphatic carbocycles. The first-order valence-electron chi connectivity index (χ1n) is 5.49. The number of rotatable bonds is 0. The van der Waals surface area contributed by atoms with Gasteiger partial charge in [0.25, 0.3) is 0 Å². The standard InChI is InChI=1S/C13H19N/c1-10-8-11(2)14(3)13-7-5-4-6-12(13)9-10/h4-7,10-11H,8-9H2,1-3H3. The lowest BCUT2D eigenvalue weighted by atomic mass is 9.97. The highest BCUT2D eigenvalue weighted by Gasteiger charge is 2.21. The zero-order chi connectivity index (χ0) is 10.1. The van der Waals surface area contributed by atoms with Gasteiger partial charge < -0.3 is 4.90 Å². The zero-order valence-corrected chi connectivity index (χ0v) is 9.33. The van der Waals surface area contributed by atoms with Gasteiger partial charge in [0.05, 0.1) is 0 Å². The molecule has 14 heavy (non-hydrogen) atoms. The summed E-state index contributed by atoms with van der Waals surface area (Å²) in [6.07, 6.45) is 2.52. The van der Waals surface area contributed by atoms with Gasteiger partial charge in [-0.15, -0.1) is 0 Å². The summed E-state index contributed by atoms with van der Waals surface area (Å²) in [6, 6.07) is 9.45. The molecule has 0 amide bonds. The van der Waals surface area contributed by atoms with Crippen molar-refractivity contribution in [1.82, 2.24) is 0 Å². The molecule has 0 saturated heterocycles. The van der Waals surface area contributed by atoms with E-state index in [2.05, 4.69) is 50.1 Å². The molecule has 2 atom stereocenters. The quantitative estimate of drug-likeness (QED) is 0.606. The summed E-state index contributed by atoms with van der Waals surface area (Å²) in [6.45, 7) is 4.67. The maximum Gasteiger partial charge on any atom is 0.0398 e. The average Bonchev–Trinajstić information content (AvgIpc) is 2.26. The van der Waals surface area contributed by atoms with Crippen LogP contribution in [0.2, 0.25) is 0 Å². The van der Waals surface area contributed by atoms with E-state index in [0.717, 1.165) is 5.92 Å². The van der Waals surface area contributed by atoms with Gasteiger partial charge in [-0.25, -0.2) is 0 Å². The van der Waals surface area contributed by atoms with Gasteiger partial charge in [-0.3, -0.25) is 0 Å². The molecule has 0 aromatic heterocycles. The van der Waals surface area contributed by atoms with Crippen LogP contribution < -0.4 is 4.90 Å². The Balaban J connectivity index is 2.41. The summed E-state index contributed by atoms with van der Waals surface area (Å²) in [5, 5.41) is 0. The number of anilines is 1. The van der Waals surface area contributed by atoms with Crippen LogP contribution in [-0.4, -0.2) is 13.1 Å². The van der Waals surface area contributed by atoms with E-state index in [-0.39, 0.29) is 0 Å². The van der Waals surface area contributed by atoms with Crippen molar-refractivity contribution in [2.45, 2.75) is 32.7 Å². The molecule has 0 radical (unpaired) electrons. The van der Waals surface area contributed by atoms with Crippen LogP contribution in [0.1, 0.15) is 25.8 Å². The Morgan fingerprint density at radius 1 is 1.21 bits per heavy atom. The fourth-order valence-electron chi connectivity index (χ4n) is 2.46. The first-order valence-corrected chi connectivity index (χ1v) is 5.49. The molecule has 1 nitrogen and oxygen atoms in total. The second-order valence-electron chi connectivity index (χ2n) is 4.63. The Morgan fingerprint density at radius 3 is 2.71 bits per heavy atom. The summed E-state index contributed by atoms with van der Waals surface area (Å²) in [5.74, 6) is 0.802. The third-order valence-electron chi connectivity index (χ3n) is 3.34. The zero-order valence-electron chi connectivity index (χ0n) is 9.33. The van der Waals surface area contributed by atoms with E-state index in [0.29, 0.717) is 6.04 Å². The predicted molar refractivity (Wildman–Crippen MR) is 61.8 cm³/mol. The Labute approximate surface area is 86.7 Å². The fourth-order valence-corrected chi connectivity index (χ4v) is 2.46. The predicted octanol–water partition coefficient (Wildman–Crippen LogP) is 3.09. The van der Waals surface area contributed by atoms with Crippen LogP contribution in [0.25, 0.3) is 0 Å². The van der Waals surface area contributed by atoms with Gasteiger partial charge in [0.15, 0.2) is 0 Å². The molecule has 76 valence electrons. The second-order valence-corrected chi connectivity index (χ2v) is 4.63. The molecule has 0 bridgehead atoms. The molecule has 1 heterocycles. The monoisotopic (exact) mass is 189 g/mol. The first kappa shape index (κ1) is 9.57. The van der Waals surface area contributed by atoms with Crippen molar-refractivity contribution >= 4 is 5.69 Å². The Bertz CT molecular complexity index is 319. The molecule has 0 saturated carbocycles. The molecular formula is C13H19N. The van der Waals surface area contributed by atoms with Crippen LogP contribution in [0.5, 0.6) is 0 Å². The maximum atomic E-state index is 2.42. The van der Waals surface area contributed by atoms with Crippen molar-refractivity contribution in [2.75, 3.05) is 11.9 Å². The summed E-state index contributed by atoms with van der Waals surface area (Å²) in [4.78, 5) is 2.42. The summed E-state index contributed by atoms with van der Waals surface area (Å²) < 4.78 is 0. The Morgan fingerprint density at radius 2 is 1.93 bits per heavy atom. The summed E-state index contributed by atoms with van der Waals surface area (Å²) in [5.41, 5.74) is 2.93. The van der Waals surface area contributed by atoms with Crippen LogP contribution in [0, 0.1) is 5.92 Å². The van der Waals surface area contributed by atoms with Crippen molar-refractivity contribution in [3.63, 3.8) is 0 Å². The number of fused-ring (bicyclic) bond motifs is 1. The van der Waals surface area contributed by atoms with E-state index in [1.165, 1.54) is 24.1 Å². The van der Waals surface area contributed by atoms with Crippen molar-refractivity contribution in [2.24, 2.45) is 5.92 Å². The van der Waals surface area contributed by atoms with Crippen LogP contribution in [0.15, 0.2) is 24.3 Å². The number of nitrogens with zero attached hydrogens (tertiary/aromatic N) is 1. The molecule has 0 fully saturated rings. The molecule has 1 aliphatic rings. The van der Waals surface area contributed by atoms with Crippen LogP contribution >= 0.6 is 0 Å². The lowest BCUT2D eigenvalue weighted by molar-refractivity contribution is 0.485. The van der Waals surface area contributed by atoms with E-state index < -0.39 is 0 Å². The third kappa shape index (κ3) is 1.63. The van der Waals surface area contributed by atoms with Crippen LogP contribution in [0.4, 0.5) is 5.69 Å². The van der Waals surface area contributed by atoms with Crippen LogP contribution in [0.3, 0.4) is 0 Å². The number of para-hydroxylation sites is 1. The minimum absolute atomic E-state index is 0.661. The summed E-state index contributed by atoms with van der Waals surface area (Å²) in [7, 11) is 2.21. The number of benzene rings is 1. The van der Waals surface area contributed by atoms with Crippen LogP contribution in [-0.2, 0) is 6.42 Å². The van der Waals surface area contributed by atoms with Gasteiger partial charge >= 0.3 is 0 Å². The van der Waals surface area contributed by atoms with E-state index in [1.807, 2.05) is 0 Å². The normalized spacial score (nSPS) is 26.9. The minimum atomic E-state index is 0.661. The SMILES string of the molecule is CC1Cc2ccccc2N(C)C(C)C1. The minimum Gasteiger partial charge on any atom is -0.372 e. The van der Waals surface area contributed by atoms with Crippen molar-refractivity contribution in [1.29, 1.82) is 0 Å². The molecule has 1 aliphatic heterocycles. The Hall–Kier alpha value is -0.980. The van der Waals surface area contributed by atoms with Gasteiger partial charge in [0.1, 0.15) is 0 Å². The number of hydrogen-bond donors (Lipinski definition) is 0. The lowest BCUT2D eigenvalue weighted by Crippen LogP contribution is -2.28. The molecule has 0 spiro atoms. The van der Waals surface area contributed by atoms with Gasteiger partial charge in [-0.05, 0) is 37.3 Å². The second kappa shape index (κ2) is 3.64. The van der Waals surface area contributed by atoms with Crippen molar-refractivity contribution in [3.05, 3.63) is 29.8 Å². The number of hydrogen-bond acceptors (Lipinski definition) is 1.